The molecule has 0 bridgehead atoms. The Balaban J connectivity index is 1.43. The van der Waals surface area contributed by atoms with Crippen molar-refractivity contribution in [2.24, 2.45) is 0 Å². The summed E-state index contributed by atoms with van der Waals surface area (Å²) in [5.74, 6) is 1.10. The minimum atomic E-state index is -0.535. The Labute approximate surface area is 256 Å². The summed E-state index contributed by atoms with van der Waals surface area (Å²) in [6.07, 6.45) is 1.50. The van der Waals surface area contributed by atoms with Gasteiger partial charge in [-0.3, -0.25) is 4.79 Å². The lowest BCUT2D eigenvalue weighted by molar-refractivity contribution is -0.112. The lowest BCUT2D eigenvalue weighted by Gasteiger charge is -2.14. The van der Waals surface area contributed by atoms with Crippen LogP contribution in [0.1, 0.15) is 16.7 Å². The van der Waals surface area contributed by atoms with Crippen LogP contribution in [0.25, 0.3) is 6.08 Å². The third-order valence-corrected chi connectivity index (χ3v) is 7.06. The van der Waals surface area contributed by atoms with Gasteiger partial charge in [-0.1, -0.05) is 59.6 Å². The molecular formula is C31H23Cl2IN2O4. The smallest absolute Gasteiger partial charge is 0.266 e. The van der Waals surface area contributed by atoms with Gasteiger partial charge in [0.15, 0.2) is 11.5 Å². The van der Waals surface area contributed by atoms with E-state index in [9.17, 15) is 10.1 Å². The van der Waals surface area contributed by atoms with Gasteiger partial charge in [0.25, 0.3) is 5.91 Å². The highest BCUT2D eigenvalue weighted by molar-refractivity contribution is 14.1. The largest absolute Gasteiger partial charge is 0.493 e. The van der Waals surface area contributed by atoms with E-state index in [1.165, 1.54) is 13.2 Å². The maximum absolute atomic E-state index is 12.9. The molecule has 0 heterocycles. The number of anilines is 1. The van der Waals surface area contributed by atoms with Gasteiger partial charge >= 0.3 is 0 Å². The van der Waals surface area contributed by atoms with Gasteiger partial charge in [0, 0.05) is 21.3 Å². The first-order valence-electron chi connectivity index (χ1n) is 12.0. The van der Waals surface area contributed by atoms with Crippen molar-refractivity contribution in [1.29, 1.82) is 5.26 Å². The second-order valence-electron chi connectivity index (χ2n) is 8.48. The number of nitriles is 1. The molecule has 0 aromatic heterocycles. The summed E-state index contributed by atoms with van der Waals surface area (Å²) in [5, 5.41) is 13.5. The van der Waals surface area contributed by atoms with E-state index in [2.05, 4.69) is 27.9 Å². The van der Waals surface area contributed by atoms with Gasteiger partial charge in [0.05, 0.1) is 10.7 Å². The Morgan fingerprint density at radius 1 is 0.975 bits per heavy atom. The highest BCUT2D eigenvalue weighted by Gasteiger charge is 2.15. The van der Waals surface area contributed by atoms with Gasteiger partial charge in [0.2, 0.25) is 0 Å². The number of carbonyl (C=O) groups is 1. The Bertz CT molecular complexity index is 1570. The van der Waals surface area contributed by atoms with E-state index in [-0.39, 0.29) is 12.2 Å². The van der Waals surface area contributed by atoms with Crippen LogP contribution in [0, 0.1) is 14.9 Å². The zero-order chi connectivity index (χ0) is 28.5. The van der Waals surface area contributed by atoms with Crippen molar-refractivity contribution in [2.75, 3.05) is 12.4 Å². The molecule has 1 N–H and O–H groups in total. The van der Waals surface area contributed by atoms with Crippen molar-refractivity contribution in [3.8, 4) is 23.3 Å². The molecule has 0 aliphatic carbocycles. The summed E-state index contributed by atoms with van der Waals surface area (Å²) in [7, 11) is 1.52. The second-order valence-corrected chi connectivity index (χ2v) is 10.5. The average Bonchev–Trinajstić information content (AvgIpc) is 2.96. The SMILES string of the molecule is COc1cc(/C=C(\C#N)C(=O)Nc2ccc(OCc3ccccc3)cc2)cc(I)c1OCc1ccc(Cl)cc1Cl. The van der Waals surface area contributed by atoms with Gasteiger partial charge in [-0.25, -0.2) is 0 Å². The van der Waals surface area contributed by atoms with Crippen LogP contribution in [0.5, 0.6) is 17.2 Å². The molecule has 0 saturated carbocycles. The van der Waals surface area contributed by atoms with Gasteiger partial charge in [-0.05, 0) is 88.3 Å². The zero-order valence-electron chi connectivity index (χ0n) is 21.3. The highest BCUT2D eigenvalue weighted by atomic mass is 127. The monoisotopic (exact) mass is 684 g/mol. The summed E-state index contributed by atoms with van der Waals surface area (Å²) in [4.78, 5) is 12.9. The van der Waals surface area contributed by atoms with Crippen LogP contribution in [0.2, 0.25) is 10.0 Å². The lowest BCUT2D eigenvalue weighted by atomic mass is 10.1. The number of methoxy groups -OCH3 is 1. The van der Waals surface area contributed by atoms with Crippen LogP contribution in [0.3, 0.4) is 0 Å². The van der Waals surface area contributed by atoms with Crippen molar-refractivity contribution >= 4 is 63.5 Å². The van der Waals surface area contributed by atoms with Gasteiger partial charge in [0.1, 0.15) is 30.6 Å². The first-order chi connectivity index (χ1) is 19.4. The number of benzene rings is 4. The molecule has 0 radical (unpaired) electrons. The van der Waals surface area contributed by atoms with Crippen LogP contribution in [-0.2, 0) is 18.0 Å². The summed E-state index contributed by atoms with van der Waals surface area (Å²) in [5.41, 5.74) is 2.90. The van der Waals surface area contributed by atoms with Gasteiger partial charge < -0.3 is 19.5 Å². The summed E-state index contributed by atoms with van der Waals surface area (Å²) < 4.78 is 18.0. The van der Waals surface area contributed by atoms with Gasteiger partial charge in [-0.15, -0.1) is 0 Å². The first kappa shape index (κ1) is 29.3. The average molecular weight is 685 g/mol. The number of hydrogen-bond acceptors (Lipinski definition) is 5. The summed E-state index contributed by atoms with van der Waals surface area (Å²) in [6, 6.07) is 27.5. The molecule has 4 aromatic carbocycles. The van der Waals surface area contributed by atoms with E-state index in [0.29, 0.717) is 45.2 Å². The fourth-order valence-corrected chi connectivity index (χ4v) is 4.89. The maximum atomic E-state index is 12.9. The molecule has 4 aromatic rings. The quantitative estimate of drug-likeness (QED) is 0.103. The molecule has 1 amide bonds. The van der Waals surface area contributed by atoms with Crippen LogP contribution in [-0.4, -0.2) is 13.0 Å². The Morgan fingerprint density at radius 3 is 2.40 bits per heavy atom. The number of hydrogen-bond donors (Lipinski definition) is 1. The predicted molar refractivity (Wildman–Crippen MR) is 166 cm³/mol. The Hall–Kier alpha value is -3.71. The molecule has 4 rings (SSSR count). The molecule has 0 fully saturated rings. The number of nitrogens with one attached hydrogen (secondary N) is 1. The second kappa shape index (κ2) is 14.1. The van der Waals surface area contributed by atoms with Crippen molar-refractivity contribution in [2.45, 2.75) is 13.2 Å². The molecule has 0 spiro atoms. The fraction of sp³-hybridized carbons (Fsp3) is 0.0968. The number of nitrogens with zero attached hydrogens (tertiary/aromatic N) is 1. The molecule has 9 heteroatoms. The van der Waals surface area contributed by atoms with Crippen LogP contribution in [0.15, 0.2) is 90.5 Å². The molecule has 40 heavy (non-hydrogen) atoms. The third-order valence-electron chi connectivity index (χ3n) is 5.68. The van der Waals surface area contributed by atoms with E-state index in [1.54, 1.807) is 54.6 Å². The van der Waals surface area contributed by atoms with Crippen molar-refractivity contribution < 1.29 is 19.0 Å². The molecule has 0 unspecified atom stereocenters. The van der Waals surface area contributed by atoms with E-state index < -0.39 is 5.91 Å². The number of amides is 1. The van der Waals surface area contributed by atoms with E-state index >= 15 is 0 Å². The van der Waals surface area contributed by atoms with Crippen LogP contribution >= 0.6 is 45.8 Å². The summed E-state index contributed by atoms with van der Waals surface area (Å²) >= 11 is 14.4. The Morgan fingerprint density at radius 2 is 1.73 bits per heavy atom. The molecule has 202 valence electrons. The topological polar surface area (TPSA) is 80.6 Å². The van der Waals surface area contributed by atoms with E-state index in [1.807, 2.05) is 36.4 Å². The molecule has 6 nitrogen and oxygen atoms in total. The molecule has 0 aliphatic heterocycles. The third kappa shape index (κ3) is 7.92. The van der Waals surface area contributed by atoms with Crippen LogP contribution < -0.4 is 19.5 Å². The van der Waals surface area contributed by atoms with Crippen molar-refractivity contribution in [1.82, 2.24) is 0 Å². The van der Waals surface area contributed by atoms with Gasteiger partial charge in [-0.2, -0.15) is 5.26 Å². The minimum absolute atomic E-state index is 0.0659. The molecular weight excluding hydrogens is 662 g/mol. The van der Waals surface area contributed by atoms with E-state index in [4.69, 9.17) is 37.4 Å². The molecule has 0 atom stereocenters. The van der Waals surface area contributed by atoms with Crippen LogP contribution in [0.4, 0.5) is 5.69 Å². The molecule has 0 aliphatic rings. The van der Waals surface area contributed by atoms with Crippen molar-refractivity contribution in [3.05, 3.63) is 121 Å². The normalized spacial score (nSPS) is 10.9. The first-order valence-corrected chi connectivity index (χ1v) is 13.8. The number of ether oxygens (including phenoxy) is 3. The Kier molecular flexibility index (Phi) is 10.3. The van der Waals surface area contributed by atoms with E-state index in [0.717, 1.165) is 14.7 Å². The number of carbonyl (C=O) groups excluding carboxylic acids is 1. The fourth-order valence-electron chi connectivity index (χ4n) is 3.64. The zero-order valence-corrected chi connectivity index (χ0v) is 25.0. The molecule has 0 saturated heterocycles. The number of halogens is 3. The maximum Gasteiger partial charge on any atom is 0.266 e. The standard InChI is InChI=1S/C31H23Cl2IN2O4/c1-38-29-15-21(14-28(34)30(29)40-19-22-7-8-24(32)16-27(22)33)13-23(17-35)31(37)36-25-9-11-26(12-10-25)39-18-20-5-3-2-4-6-20/h2-16H,18-19H2,1H3,(H,36,37)/b23-13+. The summed E-state index contributed by atoms with van der Waals surface area (Å²) in [6.45, 7) is 0.647. The minimum Gasteiger partial charge on any atom is -0.493 e. The highest BCUT2D eigenvalue weighted by Crippen LogP contribution is 2.36. The number of rotatable bonds is 10. The van der Waals surface area contributed by atoms with Crippen molar-refractivity contribution in [3.63, 3.8) is 0 Å². The lowest BCUT2D eigenvalue weighted by Crippen LogP contribution is -2.13. The predicted octanol–water partition coefficient (Wildman–Crippen LogP) is 8.31.